The van der Waals surface area contributed by atoms with E-state index in [1.54, 1.807) is 0 Å². The highest BCUT2D eigenvalue weighted by Crippen LogP contribution is 2.16. The van der Waals surface area contributed by atoms with Crippen molar-refractivity contribution in [1.82, 2.24) is 5.06 Å². The van der Waals surface area contributed by atoms with Gasteiger partial charge in [-0.3, -0.25) is 9.63 Å². The van der Waals surface area contributed by atoms with Crippen molar-refractivity contribution in [3.8, 4) is 0 Å². The van der Waals surface area contributed by atoms with Gasteiger partial charge >= 0.3 is 0 Å². The molecule has 4 heteroatoms. The minimum absolute atomic E-state index is 0.0268. The van der Waals surface area contributed by atoms with E-state index < -0.39 is 0 Å². The van der Waals surface area contributed by atoms with Gasteiger partial charge in [0, 0.05) is 19.0 Å². The topological polar surface area (TPSA) is 55.6 Å². The number of benzene rings is 1. The van der Waals surface area contributed by atoms with Gasteiger partial charge in [-0.25, -0.2) is 5.06 Å². The molecule has 1 aromatic carbocycles. The van der Waals surface area contributed by atoms with Crippen molar-refractivity contribution in [1.29, 1.82) is 0 Å². The molecule has 0 radical (unpaired) electrons. The molecule has 1 atom stereocenters. The van der Waals surface area contributed by atoms with E-state index in [9.17, 15) is 4.79 Å². The maximum Gasteiger partial charge on any atom is 0.248 e. The van der Waals surface area contributed by atoms with Gasteiger partial charge in [-0.15, -0.1) is 0 Å². The Hall–Kier alpha value is -1.39. The molecule has 1 aliphatic heterocycles. The molecule has 17 heavy (non-hydrogen) atoms. The van der Waals surface area contributed by atoms with E-state index in [1.165, 1.54) is 5.06 Å². The Morgan fingerprint density at radius 3 is 2.76 bits per heavy atom. The third-order valence-corrected chi connectivity index (χ3v) is 2.90. The molecule has 1 aromatic rings. The van der Waals surface area contributed by atoms with Crippen molar-refractivity contribution in [2.45, 2.75) is 25.3 Å². The van der Waals surface area contributed by atoms with Gasteiger partial charge in [0.25, 0.3) is 0 Å². The van der Waals surface area contributed by atoms with Crippen LogP contribution in [0.15, 0.2) is 30.3 Å². The molecule has 0 saturated carbocycles. The van der Waals surface area contributed by atoms with Gasteiger partial charge in [0.05, 0.1) is 6.61 Å². The van der Waals surface area contributed by atoms with E-state index in [0.717, 1.165) is 18.4 Å². The minimum atomic E-state index is -0.255. The number of amides is 1. The van der Waals surface area contributed by atoms with Crippen LogP contribution in [0.25, 0.3) is 0 Å². The molecule has 4 nitrogen and oxygen atoms in total. The molecule has 1 saturated heterocycles. The fourth-order valence-electron chi connectivity index (χ4n) is 1.90. The summed E-state index contributed by atoms with van der Waals surface area (Å²) in [6, 6.07) is 9.42. The van der Waals surface area contributed by atoms with E-state index in [-0.39, 0.29) is 11.9 Å². The number of carbonyl (C=O) groups excluding carboxylic acids is 1. The average molecular weight is 234 g/mol. The van der Waals surface area contributed by atoms with E-state index in [4.69, 9.17) is 10.6 Å². The van der Waals surface area contributed by atoms with Crippen molar-refractivity contribution >= 4 is 5.91 Å². The van der Waals surface area contributed by atoms with E-state index >= 15 is 0 Å². The number of carbonyl (C=O) groups is 1. The predicted molar refractivity (Wildman–Crippen MR) is 64.9 cm³/mol. The average Bonchev–Trinajstić information content (AvgIpc) is 2.40. The van der Waals surface area contributed by atoms with Crippen LogP contribution in [0.5, 0.6) is 0 Å². The molecular weight excluding hydrogens is 216 g/mol. The van der Waals surface area contributed by atoms with E-state index in [1.807, 2.05) is 30.3 Å². The molecule has 0 aromatic heterocycles. The zero-order valence-electron chi connectivity index (χ0n) is 9.84. The number of hydrogen-bond acceptors (Lipinski definition) is 3. The summed E-state index contributed by atoms with van der Waals surface area (Å²) in [4.78, 5) is 17.2. The second-order valence-electron chi connectivity index (χ2n) is 4.26. The molecule has 1 fully saturated rings. The van der Waals surface area contributed by atoms with Crippen LogP contribution < -0.4 is 5.73 Å². The molecule has 2 rings (SSSR count). The largest absolute Gasteiger partial charge is 0.324 e. The summed E-state index contributed by atoms with van der Waals surface area (Å²) >= 11 is 0. The Labute approximate surface area is 101 Å². The zero-order valence-corrected chi connectivity index (χ0v) is 9.84. The lowest BCUT2D eigenvalue weighted by molar-refractivity contribution is -0.197. The fraction of sp³-hybridized carbons (Fsp3) is 0.462. The van der Waals surface area contributed by atoms with Gasteiger partial charge in [0.15, 0.2) is 0 Å². The highest BCUT2D eigenvalue weighted by molar-refractivity contribution is 5.76. The third-order valence-electron chi connectivity index (χ3n) is 2.90. The Morgan fingerprint density at radius 1 is 1.35 bits per heavy atom. The first-order chi connectivity index (χ1) is 8.27. The molecule has 1 amide bonds. The normalized spacial score (nSPS) is 17.8. The van der Waals surface area contributed by atoms with Crippen molar-refractivity contribution < 1.29 is 9.63 Å². The lowest BCUT2D eigenvalue weighted by Gasteiger charge is -2.26. The molecule has 1 aliphatic rings. The monoisotopic (exact) mass is 234 g/mol. The second kappa shape index (κ2) is 5.80. The number of rotatable bonds is 3. The first-order valence-electron chi connectivity index (χ1n) is 6.01. The highest BCUT2D eigenvalue weighted by atomic mass is 16.7. The fourth-order valence-corrected chi connectivity index (χ4v) is 1.90. The maximum atomic E-state index is 11.9. The van der Waals surface area contributed by atoms with Gasteiger partial charge < -0.3 is 5.73 Å². The summed E-state index contributed by atoms with van der Waals surface area (Å²) in [6.07, 6.45) is 2.32. The van der Waals surface area contributed by atoms with Gasteiger partial charge in [-0.05, 0) is 18.4 Å². The van der Waals surface area contributed by atoms with E-state index in [0.29, 0.717) is 19.6 Å². The van der Waals surface area contributed by atoms with Crippen LogP contribution in [-0.2, 0) is 9.63 Å². The van der Waals surface area contributed by atoms with Crippen LogP contribution in [-0.4, -0.2) is 24.1 Å². The highest BCUT2D eigenvalue weighted by Gasteiger charge is 2.20. The van der Waals surface area contributed by atoms with Crippen LogP contribution in [0, 0.1) is 0 Å². The Morgan fingerprint density at radius 2 is 2.12 bits per heavy atom. The van der Waals surface area contributed by atoms with Gasteiger partial charge in [-0.2, -0.15) is 0 Å². The Kier molecular flexibility index (Phi) is 4.12. The smallest absolute Gasteiger partial charge is 0.248 e. The Balaban J connectivity index is 1.89. The molecule has 0 bridgehead atoms. The molecule has 92 valence electrons. The third kappa shape index (κ3) is 3.28. The molecule has 2 N–H and O–H groups in total. The van der Waals surface area contributed by atoms with E-state index in [2.05, 4.69) is 0 Å². The van der Waals surface area contributed by atoms with Crippen molar-refractivity contribution in [3.63, 3.8) is 0 Å². The molecule has 1 unspecified atom stereocenters. The molecule has 0 aliphatic carbocycles. The maximum absolute atomic E-state index is 11.9. The first kappa shape index (κ1) is 12.1. The van der Waals surface area contributed by atoms with Crippen LogP contribution in [0.3, 0.4) is 0 Å². The zero-order chi connectivity index (χ0) is 12.1. The van der Waals surface area contributed by atoms with Crippen molar-refractivity contribution in [3.05, 3.63) is 35.9 Å². The second-order valence-corrected chi connectivity index (χ2v) is 4.26. The lowest BCUT2D eigenvalue weighted by Crippen LogP contribution is -2.37. The van der Waals surface area contributed by atoms with Gasteiger partial charge in [0.1, 0.15) is 0 Å². The van der Waals surface area contributed by atoms with Crippen molar-refractivity contribution in [2.24, 2.45) is 5.73 Å². The summed E-state index contributed by atoms with van der Waals surface area (Å²) in [5, 5.41) is 1.45. The first-order valence-corrected chi connectivity index (χ1v) is 6.01. The van der Waals surface area contributed by atoms with Crippen LogP contribution in [0.1, 0.15) is 30.9 Å². The predicted octanol–water partition coefficient (Wildman–Crippen LogP) is 1.63. The van der Waals surface area contributed by atoms with Crippen LogP contribution in [0.4, 0.5) is 0 Å². The van der Waals surface area contributed by atoms with Crippen LogP contribution in [0.2, 0.25) is 0 Å². The van der Waals surface area contributed by atoms with Gasteiger partial charge in [0.2, 0.25) is 5.91 Å². The van der Waals surface area contributed by atoms with Gasteiger partial charge in [-0.1, -0.05) is 30.3 Å². The summed E-state index contributed by atoms with van der Waals surface area (Å²) in [7, 11) is 0. The summed E-state index contributed by atoms with van der Waals surface area (Å²) in [5.41, 5.74) is 6.98. The number of nitrogens with two attached hydrogens (primary N) is 1. The summed E-state index contributed by atoms with van der Waals surface area (Å²) in [5.74, 6) is -0.0268. The molecular formula is C13H18N2O2. The van der Waals surface area contributed by atoms with Crippen molar-refractivity contribution in [2.75, 3.05) is 13.2 Å². The quantitative estimate of drug-likeness (QED) is 0.864. The SMILES string of the molecule is NC(CC(=O)N1CCCCO1)c1ccccc1. The summed E-state index contributed by atoms with van der Waals surface area (Å²) in [6.45, 7) is 1.31. The minimum Gasteiger partial charge on any atom is -0.324 e. The number of hydrogen-bond donors (Lipinski definition) is 1. The molecule has 0 spiro atoms. The Bertz CT molecular complexity index is 361. The standard InChI is InChI=1S/C13H18N2O2/c14-12(11-6-2-1-3-7-11)10-13(16)15-8-4-5-9-17-15/h1-3,6-7,12H,4-5,8-10,14H2. The number of hydroxylamine groups is 2. The van der Waals surface area contributed by atoms with Crippen LogP contribution >= 0.6 is 0 Å². The molecule has 1 heterocycles. The summed E-state index contributed by atoms with van der Waals surface area (Å²) < 4.78 is 0. The number of nitrogens with zero attached hydrogens (tertiary/aromatic N) is 1. The lowest BCUT2D eigenvalue weighted by atomic mass is 10.0.